The van der Waals surface area contributed by atoms with Crippen LogP contribution in [0.5, 0.6) is 5.75 Å². The van der Waals surface area contributed by atoms with Gasteiger partial charge in [0.2, 0.25) is 0 Å². The molecule has 2 aromatic heterocycles. The van der Waals surface area contributed by atoms with Crippen LogP contribution in [0.2, 0.25) is 5.02 Å². The van der Waals surface area contributed by atoms with Crippen molar-refractivity contribution in [2.24, 2.45) is 6.98 Å². The summed E-state index contributed by atoms with van der Waals surface area (Å²) >= 11 is 6.14. The molecule has 8 heteroatoms. The molecule has 0 spiro atoms. The van der Waals surface area contributed by atoms with E-state index in [1.165, 1.54) is 6.33 Å². The van der Waals surface area contributed by atoms with Gasteiger partial charge < -0.3 is 10.5 Å². The third kappa shape index (κ3) is 3.29. The lowest BCUT2D eigenvalue weighted by Gasteiger charge is -2.16. The van der Waals surface area contributed by atoms with Gasteiger partial charge in [-0.15, -0.1) is 0 Å². The molecule has 0 unspecified atom stereocenters. The van der Waals surface area contributed by atoms with Crippen LogP contribution in [0.4, 0.5) is 5.82 Å². The summed E-state index contributed by atoms with van der Waals surface area (Å²) in [6.07, 6.45) is 1.91. The van der Waals surface area contributed by atoms with Gasteiger partial charge in [0.25, 0.3) is 0 Å². The molecule has 0 aliphatic heterocycles. The molecule has 0 amide bonds. The Bertz CT molecular complexity index is 1230. The van der Waals surface area contributed by atoms with Crippen molar-refractivity contribution in [1.29, 1.82) is 0 Å². The van der Waals surface area contributed by atoms with Crippen LogP contribution in [0.15, 0.2) is 49.1 Å². The van der Waals surface area contributed by atoms with Crippen molar-refractivity contribution < 1.29 is 8.85 Å². The number of aryl methyl sites for hydroxylation is 1. The quantitative estimate of drug-likeness (QED) is 0.576. The standard InChI is InChI=1S/C19H17ClN6O/c1-11(19-24-10-26(2)25-19)27-15-7-6-14(12-4-3-5-13(20)8-12)17-16(15)18(21)23-9-22-17/h3-11H,1-2H3,(H2,21,22,23)/t11-/m1/s1/i2D3. The van der Waals surface area contributed by atoms with Crippen LogP contribution in [0.3, 0.4) is 0 Å². The first-order valence-corrected chi connectivity index (χ1v) is 8.49. The van der Waals surface area contributed by atoms with Gasteiger partial charge in [-0.25, -0.2) is 15.0 Å². The molecule has 2 N–H and O–H groups in total. The molecule has 2 aromatic carbocycles. The zero-order valence-electron chi connectivity index (χ0n) is 17.3. The average molecular weight is 384 g/mol. The van der Waals surface area contributed by atoms with Crippen LogP contribution in [0.1, 0.15) is 23.0 Å². The Morgan fingerprint density at radius 3 is 2.89 bits per heavy atom. The van der Waals surface area contributed by atoms with Gasteiger partial charge in [-0.1, -0.05) is 23.7 Å². The Morgan fingerprint density at radius 1 is 1.22 bits per heavy atom. The molecule has 0 saturated carbocycles. The maximum Gasteiger partial charge on any atom is 0.191 e. The monoisotopic (exact) mass is 383 g/mol. The van der Waals surface area contributed by atoms with Gasteiger partial charge in [-0.2, -0.15) is 5.10 Å². The van der Waals surface area contributed by atoms with Crippen molar-refractivity contribution in [3.8, 4) is 16.9 Å². The van der Waals surface area contributed by atoms with E-state index in [1.54, 1.807) is 19.1 Å². The Kier molecular flexibility index (Phi) is 3.53. The topological polar surface area (TPSA) is 91.7 Å². The number of rotatable bonds is 4. The number of ether oxygens (including phenoxy) is 1. The summed E-state index contributed by atoms with van der Waals surface area (Å²) in [5, 5.41) is 5.14. The van der Waals surface area contributed by atoms with E-state index in [9.17, 15) is 0 Å². The molecule has 0 fully saturated rings. The third-order valence-corrected chi connectivity index (χ3v) is 4.33. The van der Waals surface area contributed by atoms with Crippen LogP contribution in [0, 0.1) is 0 Å². The number of benzene rings is 2. The summed E-state index contributed by atoms with van der Waals surface area (Å²) in [6.45, 7) is -0.690. The molecular formula is C19H17ClN6O. The van der Waals surface area contributed by atoms with Crippen molar-refractivity contribution in [2.75, 3.05) is 5.73 Å². The van der Waals surface area contributed by atoms with Crippen molar-refractivity contribution in [2.45, 2.75) is 13.0 Å². The zero-order valence-corrected chi connectivity index (χ0v) is 15.1. The van der Waals surface area contributed by atoms with E-state index in [2.05, 4.69) is 20.1 Å². The van der Waals surface area contributed by atoms with Crippen LogP contribution >= 0.6 is 11.6 Å². The maximum absolute atomic E-state index is 7.42. The number of aromatic nitrogens is 5. The zero-order chi connectivity index (χ0) is 21.5. The molecule has 136 valence electrons. The molecule has 1 atom stereocenters. The molecule has 4 rings (SSSR count). The normalized spacial score (nSPS) is 14.4. The van der Waals surface area contributed by atoms with Crippen LogP contribution < -0.4 is 10.5 Å². The number of nitrogens with two attached hydrogens (primary N) is 1. The Hall–Kier alpha value is -3.19. The predicted molar refractivity (Wildman–Crippen MR) is 104 cm³/mol. The minimum Gasteiger partial charge on any atom is -0.482 e. The molecule has 0 radical (unpaired) electrons. The second kappa shape index (κ2) is 6.85. The van der Waals surface area contributed by atoms with Crippen LogP contribution in [-0.4, -0.2) is 24.7 Å². The average Bonchev–Trinajstić information content (AvgIpc) is 3.19. The van der Waals surface area contributed by atoms with Crippen molar-refractivity contribution in [1.82, 2.24) is 24.7 Å². The van der Waals surface area contributed by atoms with Gasteiger partial charge in [0.05, 0.1) is 10.9 Å². The summed E-state index contributed by atoms with van der Waals surface area (Å²) in [5.41, 5.74) is 8.45. The second-order valence-electron chi connectivity index (χ2n) is 5.91. The molecule has 0 bridgehead atoms. The fourth-order valence-electron chi connectivity index (χ4n) is 2.86. The smallest absolute Gasteiger partial charge is 0.191 e. The van der Waals surface area contributed by atoms with E-state index in [1.807, 2.05) is 24.3 Å². The van der Waals surface area contributed by atoms with E-state index < -0.39 is 13.1 Å². The SMILES string of the molecule is [2H]C([2H])([2H])n1cnc([C@@H](C)Oc2ccc(-c3cccc(Cl)c3)c3ncnc(N)c23)n1. The molecule has 27 heavy (non-hydrogen) atoms. The molecule has 0 saturated heterocycles. The molecule has 0 aliphatic carbocycles. The fraction of sp³-hybridized carbons (Fsp3) is 0.158. The lowest BCUT2D eigenvalue weighted by molar-refractivity contribution is 0.219. The van der Waals surface area contributed by atoms with Gasteiger partial charge in [-0.3, -0.25) is 4.68 Å². The number of hydrogen-bond donors (Lipinski definition) is 1. The number of hydrogen-bond acceptors (Lipinski definition) is 6. The molecule has 7 nitrogen and oxygen atoms in total. The van der Waals surface area contributed by atoms with Gasteiger partial charge in [-0.05, 0) is 36.8 Å². The highest BCUT2D eigenvalue weighted by Crippen LogP contribution is 2.37. The van der Waals surface area contributed by atoms with Crippen molar-refractivity contribution >= 4 is 28.3 Å². The molecular weight excluding hydrogens is 364 g/mol. The number of fused-ring (bicyclic) bond motifs is 1. The van der Waals surface area contributed by atoms with E-state index in [4.69, 9.17) is 26.2 Å². The molecule has 4 aromatic rings. The van der Waals surface area contributed by atoms with Gasteiger partial charge >= 0.3 is 0 Å². The maximum atomic E-state index is 7.42. The van der Waals surface area contributed by atoms with E-state index in [0.717, 1.165) is 22.1 Å². The lowest BCUT2D eigenvalue weighted by Crippen LogP contribution is -2.07. The van der Waals surface area contributed by atoms with Gasteiger partial charge in [0.1, 0.15) is 24.2 Å². The summed E-state index contributed by atoms with van der Waals surface area (Å²) in [4.78, 5) is 12.5. The second-order valence-corrected chi connectivity index (χ2v) is 6.35. The lowest BCUT2D eigenvalue weighted by atomic mass is 10.0. The van der Waals surface area contributed by atoms with E-state index in [0.29, 0.717) is 21.7 Å². The van der Waals surface area contributed by atoms with Crippen molar-refractivity contribution in [3.05, 3.63) is 59.9 Å². The van der Waals surface area contributed by atoms with Gasteiger partial charge in [0, 0.05) is 21.7 Å². The van der Waals surface area contributed by atoms with E-state index >= 15 is 0 Å². The third-order valence-electron chi connectivity index (χ3n) is 4.09. The number of halogens is 1. The molecule has 2 heterocycles. The first kappa shape index (κ1) is 13.9. The summed E-state index contributed by atoms with van der Waals surface area (Å²) in [6, 6.07) is 11.0. The fourth-order valence-corrected chi connectivity index (χ4v) is 3.05. The highest BCUT2D eigenvalue weighted by molar-refractivity contribution is 6.30. The summed E-state index contributed by atoms with van der Waals surface area (Å²) < 4.78 is 29.1. The Labute approximate surface area is 165 Å². The Morgan fingerprint density at radius 2 is 2.11 bits per heavy atom. The number of nitrogen functional groups attached to an aromatic ring is 1. The van der Waals surface area contributed by atoms with E-state index in [-0.39, 0.29) is 11.6 Å². The molecule has 0 aliphatic rings. The first-order chi connectivity index (χ1) is 14.2. The highest BCUT2D eigenvalue weighted by Gasteiger charge is 2.18. The highest BCUT2D eigenvalue weighted by atomic mass is 35.5. The van der Waals surface area contributed by atoms with Crippen molar-refractivity contribution in [3.63, 3.8) is 0 Å². The summed E-state index contributed by atoms with van der Waals surface area (Å²) in [7, 11) is 0. The van der Waals surface area contributed by atoms with Crippen LogP contribution in [-0.2, 0) is 6.98 Å². The minimum atomic E-state index is -2.41. The first-order valence-electron chi connectivity index (χ1n) is 9.62. The van der Waals surface area contributed by atoms with Crippen LogP contribution in [0.25, 0.3) is 22.0 Å². The number of anilines is 1. The number of nitrogens with zero attached hydrogens (tertiary/aromatic N) is 5. The largest absolute Gasteiger partial charge is 0.482 e. The van der Waals surface area contributed by atoms with Gasteiger partial charge in [0.15, 0.2) is 11.9 Å². The Balaban J connectivity index is 1.75. The minimum absolute atomic E-state index is 0.230. The summed E-state index contributed by atoms with van der Waals surface area (Å²) in [5.74, 6) is 0.923. The predicted octanol–water partition coefficient (Wildman–Crippen LogP) is 3.80.